The van der Waals surface area contributed by atoms with Gasteiger partial charge in [0.05, 0.1) is 11.0 Å². The topological polar surface area (TPSA) is 43.6 Å². The van der Waals surface area contributed by atoms with E-state index < -0.39 is 0 Å². The molecule has 3 aromatic heterocycles. The van der Waals surface area contributed by atoms with E-state index in [0.29, 0.717) is 0 Å². The molecular formula is C25H16N4. The van der Waals surface area contributed by atoms with Gasteiger partial charge in [-0.25, -0.2) is 4.98 Å². The van der Waals surface area contributed by atoms with Gasteiger partial charge in [0.15, 0.2) is 0 Å². The van der Waals surface area contributed by atoms with Crippen LogP contribution in [0.3, 0.4) is 0 Å². The fraction of sp³-hybridized carbons (Fsp3) is 0. The van der Waals surface area contributed by atoms with Gasteiger partial charge in [-0.15, -0.1) is 0 Å². The van der Waals surface area contributed by atoms with Crippen LogP contribution in [0.15, 0.2) is 97.6 Å². The molecule has 29 heavy (non-hydrogen) atoms. The smallest absolute Gasteiger partial charge is 0.145 e. The molecule has 0 aliphatic heterocycles. The fourth-order valence-electron chi connectivity index (χ4n) is 4.10. The standard InChI is InChI=1S/C25H16N4/c1-3-7-17(8-4-1)25-28-23-19-11-13-26-15-21(19)22-16-27-14-12-20(22)24(23)29(25)18-9-5-2-6-10-18/h1-16H. The number of benzene rings is 3. The van der Waals surface area contributed by atoms with Crippen LogP contribution in [0, 0.1) is 0 Å². The molecule has 6 aromatic rings. The summed E-state index contributed by atoms with van der Waals surface area (Å²) < 4.78 is 2.26. The Balaban J connectivity index is 1.90. The van der Waals surface area contributed by atoms with E-state index in [1.807, 2.05) is 55.1 Å². The van der Waals surface area contributed by atoms with Crippen LogP contribution in [0.4, 0.5) is 0 Å². The van der Waals surface area contributed by atoms with E-state index >= 15 is 0 Å². The van der Waals surface area contributed by atoms with E-state index in [1.54, 1.807) is 0 Å². The Bertz CT molecular complexity index is 1490. The van der Waals surface area contributed by atoms with Gasteiger partial charge in [-0.1, -0.05) is 48.5 Å². The Morgan fingerprint density at radius 3 is 1.93 bits per heavy atom. The first-order valence-corrected chi connectivity index (χ1v) is 9.54. The van der Waals surface area contributed by atoms with Crippen molar-refractivity contribution in [1.82, 2.24) is 19.5 Å². The SMILES string of the molecule is c1ccc(-c2nc3c4ccncc4c4cnccc4c3n2-c2ccccc2)cc1. The zero-order chi connectivity index (χ0) is 19.2. The van der Waals surface area contributed by atoms with Crippen molar-refractivity contribution < 1.29 is 0 Å². The van der Waals surface area contributed by atoms with E-state index in [9.17, 15) is 0 Å². The van der Waals surface area contributed by atoms with Crippen molar-refractivity contribution in [3.05, 3.63) is 97.6 Å². The molecule has 0 aliphatic rings. The van der Waals surface area contributed by atoms with Gasteiger partial charge < -0.3 is 0 Å². The van der Waals surface area contributed by atoms with E-state index in [-0.39, 0.29) is 0 Å². The maximum Gasteiger partial charge on any atom is 0.145 e. The molecule has 0 saturated heterocycles. The Labute approximate surface area is 167 Å². The van der Waals surface area contributed by atoms with Gasteiger partial charge in [0.1, 0.15) is 5.82 Å². The molecule has 6 rings (SSSR count). The van der Waals surface area contributed by atoms with Gasteiger partial charge in [-0.3, -0.25) is 14.5 Å². The van der Waals surface area contributed by atoms with Crippen molar-refractivity contribution in [2.24, 2.45) is 0 Å². The summed E-state index contributed by atoms with van der Waals surface area (Å²) in [6.45, 7) is 0. The summed E-state index contributed by atoms with van der Waals surface area (Å²) in [5.74, 6) is 0.925. The first-order valence-electron chi connectivity index (χ1n) is 9.54. The largest absolute Gasteiger partial charge is 0.292 e. The van der Waals surface area contributed by atoms with Crippen LogP contribution in [-0.2, 0) is 0 Å². The molecule has 136 valence electrons. The lowest BCUT2D eigenvalue weighted by atomic mass is 10.0. The van der Waals surface area contributed by atoms with Crippen LogP contribution in [0.2, 0.25) is 0 Å². The fourth-order valence-corrected chi connectivity index (χ4v) is 4.10. The van der Waals surface area contributed by atoms with Crippen LogP contribution in [0.5, 0.6) is 0 Å². The molecular weight excluding hydrogens is 356 g/mol. The van der Waals surface area contributed by atoms with E-state index in [4.69, 9.17) is 4.98 Å². The molecule has 4 heteroatoms. The molecule has 0 saturated carbocycles. The number of hydrogen-bond acceptors (Lipinski definition) is 3. The number of nitrogens with zero attached hydrogens (tertiary/aromatic N) is 4. The number of imidazole rings is 1. The summed E-state index contributed by atoms with van der Waals surface area (Å²) >= 11 is 0. The maximum atomic E-state index is 5.15. The third kappa shape index (κ3) is 2.36. The molecule has 0 aliphatic carbocycles. The summed E-state index contributed by atoms with van der Waals surface area (Å²) in [6.07, 6.45) is 7.49. The van der Waals surface area contributed by atoms with Crippen molar-refractivity contribution in [3.63, 3.8) is 0 Å². The summed E-state index contributed by atoms with van der Waals surface area (Å²) in [5, 5.41) is 4.36. The van der Waals surface area contributed by atoms with Crippen molar-refractivity contribution in [2.45, 2.75) is 0 Å². The maximum absolute atomic E-state index is 5.15. The van der Waals surface area contributed by atoms with Crippen molar-refractivity contribution in [1.29, 1.82) is 0 Å². The van der Waals surface area contributed by atoms with E-state index in [2.05, 4.69) is 57.0 Å². The minimum absolute atomic E-state index is 0.925. The lowest BCUT2D eigenvalue weighted by molar-refractivity contribution is 1.11. The Morgan fingerprint density at radius 2 is 1.21 bits per heavy atom. The van der Waals surface area contributed by atoms with Crippen molar-refractivity contribution >= 4 is 32.6 Å². The predicted molar refractivity (Wildman–Crippen MR) is 117 cm³/mol. The molecule has 3 aromatic carbocycles. The Kier molecular flexibility index (Phi) is 3.43. The summed E-state index contributed by atoms with van der Waals surface area (Å²) in [6, 6.07) is 24.9. The number of pyridine rings is 2. The minimum atomic E-state index is 0.925. The zero-order valence-corrected chi connectivity index (χ0v) is 15.5. The van der Waals surface area contributed by atoms with Gasteiger partial charge in [0.25, 0.3) is 0 Å². The molecule has 0 fully saturated rings. The van der Waals surface area contributed by atoms with Crippen LogP contribution in [0.25, 0.3) is 49.7 Å². The third-order valence-electron chi connectivity index (χ3n) is 5.37. The van der Waals surface area contributed by atoms with Crippen LogP contribution in [-0.4, -0.2) is 19.5 Å². The van der Waals surface area contributed by atoms with Gasteiger partial charge in [0, 0.05) is 57.6 Å². The van der Waals surface area contributed by atoms with Gasteiger partial charge >= 0.3 is 0 Å². The molecule has 0 unspecified atom stereocenters. The average Bonchev–Trinajstić information content (AvgIpc) is 3.22. The Hall–Kier alpha value is -4.05. The Morgan fingerprint density at radius 1 is 0.586 bits per heavy atom. The second kappa shape index (κ2) is 6.24. The van der Waals surface area contributed by atoms with E-state index in [1.165, 1.54) is 0 Å². The molecule has 0 radical (unpaired) electrons. The van der Waals surface area contributed by atoms with Crippen LogP contribution >= 0.6 is 0 Å². The minimum Gasteiger partial charge on any atom is -0.292 e. The lowest BCUT2D eigenvalue weighted by Crippen LogP contribution is -1.98. The molecule has 4 nitrogen and oxygen atoms in total. The normalized spacial score (nSPS) is 11.4. The molecule has 0 N–H and O–H groups in total. The summed E-state index contributed by atoms with van der Waals surface area (Å²) in [5.41, 5.74) is 4.23. The molecule has 0 spiro atoms. The number of hydrogen-bond donors (Lipinski definition) is 0. The molecule has 0 bridgehead atoms. The van der Waals surface area contributed by atoms with E-state index in [0.717, 1.165) is 49.7 Å². The molecule has 3 heterocycles. The first-order chi connectivity index (χ1) is 14.4. The average molecular weight is 372 g/mol. The van der Waals surface area contributed by atoms with Crippen LogP contribution in [0.1, 0.15) is 0 Å². The second-order valence-corrected chi connectivity index (χ2v) is 7.01. The van der Waals surface area contributed by atoms with Crippen molar-refractivity contribution in [3.8, 4) is 17.1 Å². The summed E-state index contributed by atoms with van der Waals surface area (Å²) in [7, 11) is 0. The quantitative estimate of drug-likeness (QED) is 0.361. The van der Waals surface area contributed by atoms with Gasteiger partial charge in [0.2, 0.25) is 0 Å². The molecule has 0 atom stereocenters. The van der Waals surface area contributed by atoms with Gasteiger partial charge in [-0.2, -0.15) is 0 Å². The highest BCUT2D eigenvalue weighted by Gasteiger charge is 2.19. The first kappa shape index (κ1) is 16.0. The third-order valence-corrected chi connectivity index (χ3v) is 5.37. The highest BCUT2D eigenvalue weighted by Crippen LogP contribution is 2.38. The van der Waals surface area contributed by atoms with Crippen LogP contribution < -0.4 is 0 Å². The second-order valence-electron chi connectivity index (χ2n) is 7.01. The summed E-state index contributed by atoms with van der Waals surface area (Å²) in [4.78, 5) is 13.9. The number of rotatable bonds is 2. The highest BCUT2D eigenvalue weighted by atomic mass is 15.1. The van der Waals surface area contributed by atoms with Gasteiger partial charge in [-0.05, 0) is 24.3 Å². The highest BCUT2D eigenvalue weighted by molar-refractivity contribution is 6.23. The number of aromatic nitrogens is 4. The number of para-hydroxylation sites is 1. The lowest BCUT2D eigenvalue weighted by Gasteiger charge is -2.12. The zero-order valence-electron chi connectivity index (χ0n) is 15.5. The monoisotopic (exact) mass is 372 g/mol. The number of fused-ring (bicyclic) bond motifs is 6. The molecule has 0 amide bonds. The predicted octanol–water partition coefficient (Wildman–Crippen LogP) is 5.79. The van der Waals surface area contributed by atoms with Crippen molar-refractivity contribution in [2.75, 3.05) is 0 Å².